The minimum absolute atomic E-state index is 0.294. The summed E-state index contributed by atoms with van der Waals surface area (Å²) in [6, 6.07) is 19.3. The highest BCUT2D eigenvalue weighted by molar-refractivity contribution is 5.80. The van der Waals surface area contributed by atoms with Gasteiger partial charge in [0, 0.05) is 7.05 Å². The predicted octanol–water partition coefficient (Wildman–Crippen LogP) is 1.92. The van der Waals surface area contributed by atoms with Gasteiger partial charge in [-0.25, -0.2) is 10.2 Å². The van der Waals surface area contributed by atoms with E-state index in [1.165, 1.54) is 4.57 Å². The van der Waals surface area contributed by atoms with E-state index in [9.17, 15) is 9.59 Å². The molecule has 0 bridgehead atoms. The third-order valence-corrected chi connectivity index (χ3v) is 4.37. The van der Waals surface area contributed by atoms with Gasteiger partial charge in [-0.3, -0.25) is 18.9 Å². The molecule has 0 radical (unpaired) electrons. The fraction of sp³-hybridized carbons (Fsp3) is 0.100. The molecule has 8 heteroatoms. The highest BCUT2D eigenvalue weighted by Crippen LogP contribution is 2.17. The quantitative estimate of drug-likeness (QED) is 0.412. The topological polar surface area (TPSA) is 97.1 Å². The largest absolute Gasteiger partial charge is 0.329 e. The zero-order chi connectivity index (χ0) is 19.5. The van der Waals surface area contributed by atoms with Gasteiger partial charge in [0.05, 0.1) is 12.8 Å². The van der Waals surface area contributed by atoms with Gasteiger partial charge in [-0.1, -0.05) is 60.7 Å². The summed E-state index contributed by atoms with van der Waals surface area (Å²) >= 11 is 0. The molecule has 8 nitrogen and oxygen atoms in total. The second-order valence-corrected chi connectivity index (χ2v) is 6.28. The molecule has 4 rings (SSSR count). The molecule has 0 unspecified atom stereocenters. The second kappa shape index (κ2) is 7.36. The van der Waals surface area contributed by atoms with E-state index >= 15 is 0 Å². The van der Waals surface area contributed by atoms with Crippen molar-refractivity contribution >= 4 is 23.3 Å². The van der Waals surface area contributed by atoms with Gasteiger partial charge < -0.3 is 0 Å². The van der Waals surface area contributed by atoms with E-state index in [1.54, 1.807) is 17.8 Å². The Morgan fingerprint density at radius 2 is 1.75 bits per heavy atom. The molecule has 140 valence electrons. The molecule has 0 aliphatic heterocycles. The fourth-order valence-corrected chi connectivity index (χ4v) is 2.94. The number of hydrogen-bond donors (Lipinski definition) is 2. The SMILES string of the molecule is Cn1c(=O)[nH]c(=O)c2c1nc(NN=Cc1ccccc1)n2Cc1ccccc1. The van der Waals surface area contributed by atoms with Crippen LogP contribution >= 0.6 is 0 Å². The van der Waals surface area contributed by atoms with Crippen LogP contribution in [-0.4, -0.2) is 25.3 Å². The molecule has 2 heterocycles. The third kappa shape index (κ3) is 3.35. The number of nitrogens with zero attached hydrogens (tertiary/aromatic N) is 4. The summed E-state index contributed by atoms with van der Waals surface area (Å²) in [6.07, 6.45) is 1.66. The number of fused-ring (bicyclic) bond motifs is 1. The van der Waals surface area contributed by atoms with Crippen LogP contribution in [0.1, 0.15) is 11.1 Å². The molecular weight excluding hydrogens is 356 g/mol. The van der Waals surface area contributed by atoms with Crippen LogP contribution < -0.4 is 16.7 Å². The van der Waals surface area contributed by atoms with Crippen LogP contribution in [-0.2, 0) is 13.6 Å². The van der Waals surface area contributed by atoms with Crippen LogP contribution in [0.15, 0.2) is 75.4 Å². The van der Waals surface area contributed by atoms with Crippen molar-refractivity contribution < 1.29 is 0 Å². The van der Waals surface area contributed by atoms with Gasteiger partial charge in [-0.15, -0.1) is 0 Å². The highest BCUT2D eigenvalue weighted by Gasteiger charge is 2.17. The molecule has 0 fully saturated rings. The fourth-order valence-electron chi connectivity index (χ4n) is 2.94. The zero-order valence-corrected chi connectivity index (χ0v) is 15.2. The van der Waals surface area contributed by atoms with Gasteiger partial charge in [0.1, 0.15) is 0 Å². The summed E-state index contributed by atoms with van der Waals surface area (Å²) in [4.78, 5) is 31.2. The molecule has 0 saturated heterocycles. The van der Waals surface area contributed by atoms with E-state index < -0.39 is 11.2 Å². The first-order chi connectivity index (χ1) is 13.6. The molecule has 2 aromatic carbocycles. The van der Waals surface area contributed by atoms with Crippen molar-refractivity contribution in [1.29, 1.82) is 0 Å². The molecule has 0 spiro atoms. The first-order valence-electron chi connectivity index (χ1n) is 8.71. The third-order valence-electron chi connectivity index (χ3n) is 4.37. The van der Waals surface area contributed by atoms with E-state index in [1.807, 2.05) is 60.7 Å². The monoisotopic (exact) mass is 374 g/mol. The van der Waals surface area contributed by atoms with E-state index in [2.05, 4.69) is 20.5 Å². The molecule has 28 heavy (non-hydrogen) atoms. The number of nitrogens with one attached hydrogen (secondary N) is 2. The minimum Gasteiger partial charge on any atom is -0.298 e. The maximum absolute atomic E-state index is 12.5. The summed E-state index contributed by atoms with van der Waals surface area (Å²) in [5.41, 5.74) is 4.42. The van der Waals surface area contributed by atoms with E-state index in [4.69, 9.17) is 0 Å². The van der Waals surface area contributed by atoms with Crippen molar-refractivity contribution in [2.75, 3.05) is 5.43 Å². The molecule has 0 saturated carbocycles. The first-order valence-corrected chi connectivity index (χ1v) is 8.71. The van der Waals surface area contributed by atoms with Gasteiger partial charge in [0.25, 0.3) is 5.56 Å². The van der Waals surface area contributed by atoms with Crippen LogP contribution in [0.2, 0.25) is 0 Å². The number of anilines is 1. The van der Waals surface area contributed by atoms with Crippen molar-refractivity contribution in [3.63, 3.8) is 0 Å². The van der Waals surface area contributed by atoms with Gasteiger partial charge in [-0.05, 0) is 11.1 Å². The second-order valence-electron chi connectivity index (χ2n) is 6.28. The Balaban J connectivity index is 1.80. The van der Waals surface area contributed by atoms with Gasteiger partial charge in [0.15, 0.2) is 11.2 Å². The van der Waals surface area contributed by atoms with Crippen molar-refractivity contribution in [1.82, 2.24) is 19.1 Å². The van der Waals surface area contributed by atoms with E-state index in [0.717, 1.165) is 11.1 Å². The number of hydrogen-bond acceptors (Lipinski definition) is 5. The van der Waals surface area contributed by atoms with Crippen LogP contribution in [0.5, 0.6) is 0 Å². The Morgan fingerprint density at radius 1 is 1.07 bits per heavy atom. The molecule has 0 aliphatic carbocycles. The zero-order valence-electron chi connectivity index (χ0n) is 15.2. The van der Waals surface area contributed by atoms with Crippen LogP contribution in [0.25, 0.3) is 11.2 Å². The molecule has 0 aliphatic rings. The van der Waals surface area contributed by atoms with E-state index in [-0.39, 0.29) is 0 Å². The molecule has 4 aromatic rings. The lowest BCUT2D eigenvalue weighted by atomic mass is 10.2. The standard InChI is InChI=1S/C20H18N6O2/c1-25-17-16(18(27)23-20(25)28)26(13-15-10-6-3-7-11-15)19(22-17)24-21-12-14-8-4-2-5-9-14/h2-12H,13H2,1H3,(H,22,24)(H,23,27,28). The van der Waals surface area contributed by atoms with Crippen LogP contribution in [0.4, 0.5) is 5.95 Å². The number of benzene rings is 2. The Morgan fingerprint density at radius 3 is 2.46 bits per heavy atom. The normalized spacial score (nSPS) is 11.3. The summed E-state index contributed by atoms with van der Waals surface area (Å²) in [5, 5.41) is 4.23. The Hall–Kier alpha value is -3.94. The number of imidazole rings is 1. The van der Waals surface area contributed by atoms with Crippen molar-refractivity contribution in [3.8, 4) is 0 Å². The Kier molecular flexibility index (Phi) is 4.59. The summed E-state index contributed by atoms with van der Waals surface area (Å²) < 4.78 is 3.02. The average Bonchev–Trinajstić information content (AvgIpc) is 3.07. The molecular formula is C20H18N6O2. The number of H-pyrrole nitrogens is 1. The molecule has 0 atom stereocenters. The Labute approximate surface area is 159 Å². The van der Waals surface area contributed by atoms with Crippen LogP contribution in [0, 0.1) is 0 Å². The van der Waals surface area contributed by atoms with Gasteiger partial charge >= 0.3 is 5.69 Å². The smallest absolute Gasteiger partial charge is 0.298 e. The average molecular weight is 374 g/mol. The van der Waals surface area contributed by atoms with Gasteiger partial charge in [-0.2, -0.15) is 10.1 Å². The van der Waals surface area contributed by atoms with Crippen molar-refractivity contribution in [2.24, 2.45) is 12.1 Å². The lowest BCUT2D eigenvalue weighted by molar-refractivity contribution is 0.808. The summed E-state index contributed by atoms with van der Waals surface area (Å²) in [5.74, 6) is 0.373. The minimum atomic E-state index is -0.513. The number of aromatic nitrogens is 4. The summed E-state index contributed by atoms with van der Waals surface area (Å²) in [7, 11) is 1.57. The maximum atomic E-state index is 12.5. The lowest BCUT2D eigenvalue weighted by Gasteiger charge is -2.08. The molecule has 2 aromatic heterocycles. The maximum Gasteiger partial charge on any atom is 0.329 e. The number of aryl methyl sites for hydroxylation is 1. The van der Waals surface area contributed by atoms with Crippen LogP contribution in [0.3, 0.4) is 0 Å². The number of aromatic amines is 1. The Bertz CT molecular complexity index is 1250. The summed E-state index contributed by atoms with van der Waals surface area (Å²) in [6.45, 7) is 0.405. The predicted molar refractivity (Wildman–Crippen MR) is 109 cm³/mol. The van der Waals surface area contributed by atoms with Crippen molar-refractivity contribution in [3.05, 3.63) is 92.6 Å². The molecule has 0 amide bonds. The number of hydrazone groups is 1. The highest BCUT2D eigenvalue weighted by atomic mass is 16.2. The van der Waals surface area contributed by atoms with Crippen molar-refractivity contribution in [2.45, 2.75) is 6.54 Å². The lowest BCUT2D eigenvalue weighted by Crippen LogP contribution is -2.29. The van der Waals surface area contributed by atoms with Gasteiger partial charge in [0.2, 0.25) is 5.95 Å². The molecule has 2 N–H and O–H groups in total. The van der Waals surface area contributed by atoms with E-state index in [0.29, 0.717) is 23.7 Å². The first kappa shape index (κ1) is 17.5. The number of rotatable bonds is 5.